The molecule has 0 heterocycles. The second-order valence-corrected chi connectivity index (χ2v) is 2.88. The van der Waals surface area contributed by atoms with E-state index < -0.39 is 0 Å². The zero-order chi connectivity index (χ0) is 8.69. The smallest absolute Gasteiger partial charge is 0.119 e. The van der Waals surface area contributed by atoms with Gasteiger partial charge in [-0.3, -0.25) is 0 Å². The van der Waals surface area contributed by atoms with E-state index in [1.54, 1.807) is 13.3 Å². The third-order valence-electron chi connectivity index (χ3n) is 1.12. The summed E-state index contributed by atoms with van der Waals surface area (Å²) in [5, 5.41) is 3.73. The standard InChI is InChI=1S/C8H17NO2/c1-7(2)6-11-9-5-8(3)10-4/h5,7-8H,6H2,1-4H3/b9-5+. The molecule has 0 spiro atoms. The molecule has 0 saturated heterocycles. The lowest BCUT2D eigenvalue weighted by Crippen LogP contribution is -2.06. The first-order valence-corrected chi connectivity index (χ1v) is 3.85. The van der Waals surface area contributed by atoms with E-state index >= 15 is 0 Å². The van der Waals surface area contributed by atoms with Gasteiger partial charge >= 0.3 is 0 Å². The van der Waals surface area contributed by atoms with Crippen LogP contribution in [0.3, 0.4) is 0 Å². The Kier molecular flexibility index (Phi) is 5.84. The maximum absolute atomic E-state index is 4.96. The van der Waals surface area contributed by atoms with Gasteiger partial charge in [-0.15, -0.1) is 0 Å². The van der Waals surface area contributed by atoms with Gasteiger partial charge in [0.05, 0.1) is 12.3 Å². The van der Waals surface area contributed by atoms with Crippen molar-refractivity contribution >= 4 is 6.21 Å². The van der Waals surface area contributed by atoms with Crippen LogP contribution >= 0.6 is 0 Å². The fourth-order valence-corrected chi connectivity index (χ4v) is 0.382. The maximum atomic E-state index is 4.96. The highest BCUT2D eigenvalue weighted by Gasteiger charge is 1.93. The lowest BCUT2D eigenvalue weighted by Gasteiger charge is -2.03. The van der Waals surface area contributed by atoms with E-state index in [4.69, 9.17) is 9.57 Å². The van der Waals surface area contributed by atoms with Gasteiger partial charge in [-0.1, -0.05) is 19.0 Å². The van der Waals surface area contributed by atoms with Gasteiger partial charge in [-0.05, 0) is 12.8 Å². The largest absolute Gasteiger partial charge is 0.396 e. The molecule has 1 unspecified atom stereocenters. The van der Waals surface area contributed by atoms with Crippen LogP contribution in [0.15, 0.2) is 5.16 Å². The number of methoxy groups -OCH3 is 1. The molecule has 0 bridgehead atoms. The van der Waals surface area contributed by atoms with Gasteiger partial charge in [-0.25, -0.2) is 0 Å². The Morgan fingerprint density at radius 3 is 2.45 bits per heavy atom. The van der Waals surface area contributed by atoms with Crippen molar-refractivity contribution in [2.24, 2.45) is 11.1 Å². The van der Waals surface area contributed by atoms with E-state index in [-0.39, 0.29) is 6.10 Å². The second-order valence-electron chi connectivity index (χ2n) is 2.88. The Labute approximate surface area is 68.4 Å². The van der Waals surface area contributed by atoms with E-state index in [9.17, 15) is 0 Å². The van der Waals surface area contributed by atoms with Crippen molar-refractivity contribution in [3.8, 4) is 0 Å². The molecular formula is C8H17NO2. The normalized spacial score (nSPS) is 14.3. The van der Waals surface area contributed by atoms with E-state index in [0.29, 0.717) is 12.5 Å². The first-order valence-electron chi connectivity index (χ1n) is 3.85. The summed E-state index contributed by atoms with van der Waals surface area (Å²) in [6.07, 6.45) is 1.67. The van der Waals surface area contributed by atoms with Gasteiger partial charge in [0.25, 0.3) is 0 Å². The molecule has 0 saturated carbocycles. The molecule has 0 aliphatic carbocycles. The molecule has 0 fully saturated rings. The average Bonchev–Trinajstić information content (AvgIpc) is 1.97. The minimum Gasteiger partial charge on any atom is -0.396 e. The molecule has 11 heavy (non-hydrogen) atoms. The Bertz CT molecular complexity index is 113. The highest BCUT2D eigenvalue weighted by atomic mass is 16.6. The van der Waals surface area contributed by atoms with Gasteiger partial charge < -0.3 is 9.57 Å². The molecule has 0 N–H and O–H groups in total. The van der Waals surface area contributed by atoms with Crippen LogP contribution in [0.2, 0.25) is 0 Å². The minimum atomic E-state index is 0.0298. The number of rotatable bonds is 5. The molecule has 1 atom stereocenters. The number of hydrogen-bond donors (Lipinski definition) is 0. The summed E-state index contributed by atoms with van der Waals surface area (Å²) in [5.74, 6) is 0.519. The molecule has 3 nitrogen and oxygen atoms in total. The van der Waals surface area contributed by atoms with Crippen molar-refractivity contribution in [3.05, 3.63) is 0 Å². The molecule has 3 heteroatoms. The predicted octanol–water partition coefficient (Wildman–Crippen LogP) is 1.68. The van der Waals surface area contributed by atoms with E-state index in [0.717, 1.165) is 0 Å². The van der Waals surface area contributed by atoms with Crippen molar-refractivity contribution in [2.75, 3.05) is 13.7 Å². The van der Waals surface area contributed by atoms with Gasteiger partial charge in [-0.2, -0.15) is 0 Å². The van der Waals surface area contributed by atoms with Crippen LogP contribution in [0.4, 0.5) is 0 Å². The molecular weight excluding hydrogens is 142 g/mol. The number of oxime groups is 1. The van der Waals surface area contributed by atoms with Gasteiger partial charge in [0.15, 0.2) is 0 Å². The van der Waals surface area contributed by atoms with E-state index in [1.165, 1.54) is 0 Å². The minimum absolute atomic E-state index is 0.0298. The molecule has 0 aliphatic rings. The van der Waals surface area contributed by atoms with Crippen LogP contribution in [0.1, 0.15) is 20.8 Å². The zero-order valence-electron chi connectivity index (χ0n) is 7.70. The Morgan fingerprint density at radius 1 is 1.36 bits per heavy atom. The third-order valence-corrected chi connectivity index (χ3v) is 1.12. The Morgan fingerprint density at radius 2 is 2.00 bits per heavy atom. The van der Waals surface area contributed by atoms with Crippen LogP contribution in [-0.4, -0.2) is 26.0 Å². The van der Waals surface area contributed by atoms with E-state index in [2.05, 4.69) is 19.0 Å². The van der Waals surface area contributed by atoms with Crippen LogP contribution in [0.25, 0.3) is 0 Å². The van der Waals surface area contributed by atoms with Crippen LogP contribution in [-0.2, 0) is 9.57 Å². The molecule has 0 amide bonds. The fourth-order valence-electron chi connectivity index (χ4n) is 0.382. The van der Waals surface area contributed by atoms with Crippen molar-refractivity contribution in [1.82, 2.24) is 0 Å². The van der Waals surface area contributed by atoms with Crippen molar-refractivity contribution < 1.29 is 9.57 Å². The summed E-state index contributed by atoms with van der Waals surface area (Å²) in [7, 11) is 1.64. The monoisotopic (exact) mass is 159 g/mol. The summed E-state index contributed by atoms with van der Waals surface area (Å²) in [4.78, 5) is 4.96. The predicted molar refractivity (Wildman–Crippen MR) is 45.8 cm³/mol. The molecule has 0 aliphatic heterocycles. The van der Waals surface area contributed by atoms with Gasteiger partial charge in [0, 0.05) is 7.11 Å². The Balaban J connectivity index is 3.29. The van der Waals surface area contributed by atoms with Crippen LogP contribution < -0.4 is 0 Å². The molecule has 0 rings (SSSR count). The number of ether oxygens (including phenoxy) is 1. The fraction of sp³-hybridized carbons (Fsp3) is 0.875. The maximum Gasteiger partial charge on any atom is 0.119 e. The highest BCUT2D eigenvalue weighted by Crippen LogP contribution is 1.92. The van der Waals surface area contributed by atoms with Crippen molar-refractivity contribution in [1.29, 1.82) is 0 Å². The summed E-state index contributed by atoms with van der Waals surface area (Å²) in [6, 6.07) is 0. The highest BCUT2D eigenvalue weighted by molar-refractivity contribution is 5.61. The molecule has 0 aromatic carbocycles. The average molecular weight is 159 g/mol. The summed E-state index contributed by atoms with van der Waals surface area (Å²) in [6.45, 7) is 6.72. The van der Waals surface area contributed by atoms with E-state index in [1.807, 2.05) is 6.92 Å². The Hall–Kier alpha value is -0.570. The SMILES string of the molecule is COC(C)/C=N/OCC(C)C. The third kappa shape index (κ3) is 7.33. The van der Waals surface area contributed by atoms with Gasteiger partial charge in [0.1, 0.15) is 6.61 Å². The summed E-state index contributed by atoms with van der Waals surface area (Å²) < 4.78 is 4.93. The molecule has 0 radical (unpaired) electrons. The number of hydrogen-bond acceptors (Lipinski definition) is 3. The topological polar surface area (TPSA) is 30.8 Å². The van der Waals surface area contributed by atoms with Gasteiger partial charge in [0.2, 0.25) is 0 Å². The van der Waals surface area contributed by atoms with Crippen molar-refractivity contribution in [3.63, 3.8) is 0 Å². The lowest BCUT2D eigenvalue weighted by molar-refractivity contribution is 0.112. The molecule has 0 aromatic heterocycles. The van der Waals surface area contributed by atoms with Crippen molar-refractivity contribution in [2.45, 2.75) is 26.9 Å². The molecule has 0 aromatic rings. The van der Waals surface area contributed by atoms with Crippen LogP contribution in [0.5, 0.6) is 0 Å². The quantitative estimate of drug-likeness (QED) is 0.451. The summed E-state index contributed by atoms with van der Waals surface area (Å²) in [5.41, 5.74) is 0. The second kappa shape index (κ2) is 6.16. The first-order chi connectivity index (χ1) is 5.16. The molecule has 66 valence electrons. The van der Waals surface area contributed by atoms with Crippen LogP contribution in [0, 0.1) is 5.92 Å². The summed E-state index contributed by atoms with van der Waals surface area (Å²) >= 11 is 0. The first kappa shape index (κ1) is 10.4. The zero-order valence-corrected chi connectivity index (χ0v) is 7.70. The number of nitrogens with zero attached hydrogens (tertiary/aromatic N) is 1. The lowest BCUT2D eigenvalue weighted by atomic mass is 10.2.